The van der Waals surface area contributed by atoms with E-state index in [0.29, 0.717) is 24.2 Å². The quantitative estimate of drug-likeness (QED) is 0.818. The first-order valence-electron chi connectivity index (χ1n) is 5.63. The van der Waals surface area contributed by atoms with Crippen LogP contribution >= 0.6 is 0 Å². The highest BCUT2D eigenvalue weighted by molar-refractivity contribution is 5.93. The van der Waals surface area contributed by atoms with Crippen molar-refractivity contribution in [1.29, 1.82) is 0 Å². The highest BCUT2D eigenvalue weighted by Crippen LogP contribution is 2.23. The van der Waals surface area contributed by atoms with Gasteiger partial charge in [-0.05, 0) is 24.3 Å². The van der Waals surface area contributed by atoms with Crippen molar-refractivity contribution in [2.45, 2.75) is 12.8 Å². The van der Waals surface area contributed by atoms with Crippen molar-refractivity contribution in [1.82, 2.24) is 0 Å². The molecule has 0 saturated carbocycles. The number of furan rings is 1. The summed E-state index contributed by atoms with van der Waals surface area (Å²) >= 11 is 0. The number of rotatable bonds is 5. The van der Waals surface area contributed by atoms with Gasteiger partial charge in [0.1, 0.15) is 17.8 Å². The number of benzene rings is 1. The van der Waals surface area contributed by atoms with Gasteiger partial charge in [-0.2, -0.15) is 0 Å². The van der Waals surface area contributed by atoms with Gasteiger partial charge in [-0.1, -0.05) is 12.1 Å². The Labute approximate surface area is 104 Å². The average molecular weight is 243 g/mol. The Kier molecular flexibility index (Phi) is 3.57. The molecule has 0 bridgehead atoms. The molecule has 1 aromatic carbocycles. The van der Waals surface area contributed by atoms with Gasteiger partial charge in [-0.15, -0.1) is 0 Å². The molecule has 2 N–H and O–H groups in total. The van der Waals surface area contributed by atoms with E-state index in [1.54, 1.807) is 24.3 Å². The summed E-state index contributed by atoms with van der Waals surface area (Å²) in [5, 5.41) is 0. The van der Waals surface area contributed by atoms with Gasteiger partial charge in [0.25, 0.3) is 0 Å². The lowest BCUT2D eigenvalue weighted by atomic mass is 10.1. The third kappa shape index (κ3) is 2.66. The molecule has 2 aromatic rings. The molecule has 0 spiro atoms. The van der Waals surface area contributed by atoms with E-state index in [1.807, 2.05) is 12.1 Å². The molecule has 92 valence electrons. The van der Waals surface area contributed by atoms with E-state index >= 15 is 0 Å². The number of carbonyl (C=O) groups excluding carboxylic acids is 2. The highest BCUT2D eigenvalue weighted by atomic mass is 16.3. The number of aryl methyl sites for hydroxylation is 1. The Balaban J connectivity index is 2.18. The van der Waals surface area contributed by atoms with Crippen LogP contribution in [0.15, 0.2) is 40.8 Å². The minimum atomic E-state index is -0.451. The van der Waals surface area contributed by atoms with Gasteiger partial charge >= 0.3 is 0 Å². The molecule has 0 unspecified atom stereocenters. The molecule has 0 fully saturated rings. The molecule has 0 aliphatic carbocycles. The fourth-order valence-corrected chi connectivity index (χ4v) is 1.67. The molecule has 1 heterocycles. The second-order valence-electron chi connectivity index (χ2n) is 3.91. The Bertz CT molecular complexity index is 555. The topological polar surface area (TPSA) is 73.3 Å². The van der Waals surface area contributed by atoms with Crippen LogP contribution in [0, 0.1) is 0 Å². The van der Waals surface area contributed by atoms with E-state index in [1.165, 1.54) is 0 Å². The maximum atomic E-state index is 10.9. The lowest BCUT2D eigenvalue weighted by Crippen LogP contribution is -2.10. The van der Waals surface area contributed by atoms with Crippen LogP contribution in [0.5, 0.6) is 0 Å². The molecule has 1 aromatic heterocycles. The lowest BCUT2D eigenvalue weighted by Gasteiger charge is -1.99. The van der Waals surface area contributed by atoms with Crippen molar-refractivity contribution in [3.8, 4) is 11.3 Å². The number of aldehydes is 1. The van der Waals surface area contributed by atoms with E-state index in [9.17, 15) is 9.59 Å². The van der Waals surface area contributed by atoms with Crippen LogP contribution in [0.1, 0.15) is 22.5 Å². The Morgan fingerprint density at radius 3 is 2.50 bits per heavy atom. The van der Waals surface area contributed by atoms with E-state index in [0.717, 1.165) is 17.6 Å². The van der Waals surface area contributed by atoms with Gasteiger partial charge in [0.05, 0.1) is 0 Å². The Hall–Kier alpha value is -2.36. The predicted octanol–water partition coefficient (Wildman–Crippen LogP) is 2.18. The van der Waals surface area contributed by atoms with Gasteiger partial charge in [-0.3, -0.25) is 4.79 Å². The molecule has 18 heavy (non-hydrogen) atoms. The van der Waals surface area contributed by atoms with Crippen LogP contribution in [-0.4, -0.2) is 12.2 Å². The summed E-state index contributed by atoms with van der Waals surface area (Å²) in [5.74, 6) is 1.04. The van der Waals surface area contributed by atoms with Crippen molar-refractivity contribution in [3.05, 3.63) is 47.7 Å². The molecule has 4 heteroatoms. The molecule has 2 rings (SSSR count). The van der Waals surface area contributed by atoms with Crippen LogP contribution in [0.4, 0.5) is 0 Å². The zero-order valence-corrected chi connectivity index (χ0v) is 9.76. The highest BCUT2D eigenvalue weighted by Gasteiger charge is 2.06. The first-order chi connectivity index (χ1) is 8.70. The minimum absolute atomic E-state index is 0.451. The molecule has 1 amide bonds. The maximum Gasteiger partial charge on any atom is 0.248 e. The second-order valence-corrected chi connectivity index (χ2v) is 3.91. The van der Waals surface area contributed by atoms with Crippen LogP contribution in [-0.2, 0) is 11.2 Å². The molecule has 0 saturated heterocycles. The second kappa shape index (κ2) is 5.31. The van der Waals surface area contributed by atoms with Crippen LogP contribution < -0.4 is 5.73 Å². The Morgan fingerprint density at radius 2 is 1.89 bits per heavy atom. The van der Waals surface area contributed by atoms with Crippen molar-refractivity contribution in [2.24, 2.45) is 5.73 Å². The number of carbonyl (C=O) groups is 2. The smallest absolute Gasteiger partial charge is 0.248 e. The summed E-state index contributed by atoms with van der Waals surface area (Å²) < 4.78 is 5.60. The van der Waals surface area contributed by atoms with Crippen molar-refractivity contribution in [3.63, 3.8) is 0 Å². The van der Waals surface area contributed by atoms with E-state index < -0.39 is 5.91 Å². The molecule has 0 radical (unpaired) electrons. The fourth-order valence-electron chi connectivity index (χ4n) is 1.67. The SMILES string of the molecule is NC(=O)c1ccc(-c2ccc(CCC=O)o2)cc1. The van der Waals surface area contributed by atoms with Crippen molar-refractivity contribution >= 4 is 12.2 Å². The number of hydrogen-bond acceptors (Lipinski definition) is 3. The van der Waals surface area contributed by atoms with E-state index in [4.69, 9.17) is 10.2 Å². The summed E-state index contributed by atoms with van der Waals surface area (Å²) in [4.78, 5) is 21.2. The number of nitrogens with two attached hydrogens (primary N) is 1. The van der Waals surface area contributed by atoms with E-state index in [-0.39, 0.29) is 0 Å². The van der Waals surface area contributed by atoms with Crippen LogP contribution in [0.3, 0.4) is 0 Å². The average Bonchev–Trinajstić information content (AvgIpc) is 2.85. The van der Waals surface area contributed by atoms with Crippen LogP contribution in [0.2, 0.25) is 0 Å². The summed E-state index contributed by atoms with van der Waals surface area (Å²) in [6.45, 7) is 0. The van der Waals surface area contributed by atoms with Gasteiger partial charge in [0.15, 0.2) is 0 Å². The third-order valence-corrected chi connectivity index (χ3v) is 2.62. The molecule has 4 nitrogen and oxygen atoms in total. The molecule has 0 aliphatic heterocycles. The zero-order valence-electron chi connectivity index (χ0n) is 9.76. The summed E-state index contributed by atoms with van der Waals surface area (Å²) in [6, 6.07) is 10.6. The lowest BCUT2D eigenvalue weighted by molar-refractivity contribution is -0.107. The first-order valence-corrected chi connectivity index (χ1v) is 5.63. The number of primary amides is 1. The van der Waals surface area contributed by atoms with Gasteiger partial charge in [-0.25, -0.2) is 0 Å². The number of hydrogen-bond donors (Lipinski definition) is 1. The first kappa shape index (κ1) is 12.1. The van der Waals surface area contributed by atoms with Crippen molar-refractivity contribution < 1.29 is 14.0 Å². The zero-order chi connectivity index (χ0) is 13.0. The van der Waals surface area contributed by atoms with Crippen molar-refractivity contribution in [2.75, 3.05) is 0 Å². The molecule has 0 atom stereocenters. The monoisotopic (exact) mass is 243 g/mol. The van der Waals surface area contributed by atoms with Gasteiger partial charge < -0.3 is 14.9 Å². The molecular formula is C14H13NO3. The van der Waals surface area contributed by atoms with Crippen LogP contribution in [0.25, 0.3) is 11.3 Å². The Morgan fingerprint density at radius 1 is 1.17 bits per heavy atom. The van der Waals surface area contributed by atoms with Gasteiger partial charge in [0.2, 0.25) is 5.91 Å². The summed E-state index contributed by atoms with van der Waals surface area (Å²) in [7, 11) is 0. The molecule has 0 aliphatic rings. The normalized spacial score (nSPS) is 10.2. The summed E-state index contributed by atoms with van der Waals surface area (Å²) in [6.07, 6.45) is 1.92. The van der Waals surface area contributed by atoms with E-state index in [2.05, 4.69) is 0 Å². The third-order valence-electron chi connectivity index (χ3n) is 2.62. The largest absolute Gasteiger partial charge is 0.461 e. The summed E-state index contributed by atoms with van der Waals surface area (Å²) in [5.41, 5.74) is 6.50. The van der Waals surface area contributed by atoms with Gasteiger partial charge in [0, 0.05) is 24.0 Å². The standard InChI is InChI=1S/C14H13NO3/c15-14(17)11-5-3-10(4-6-11)13-8-7-12(18-13)2-1-9-16/h3-9H,1-2H2,(H2,15,17). The fraction of sp³-hybridized carbons (Fsp3) is 0.143. The minimum Gasteiger partial charge on any atom is -0.461 e. The number of amides is 1. The predicted molar refractivity (Wildman–Crippen MR) is 67.0 cm³/mol. The molecular weight excluding hydrogens is 230 g/mol. The maximum absolute atomic E-state index is 10.9.